The Bertz CT molecular complexity index is 568. The lowest BCUT2D eigenvalue weighted by Crippen LogP contribution is -2.30. The van der Waals surface area contributed by atoms with Gasteiger partial charge in [0.25, 0.3) is 0 Å². The third-order valence-corrected chi connectivity index (χ3v) is 4.44. The van der Waals surface area contributed by atoms with Crippen molar-refractivity contribution in [2.75, 3.05) is 20.2 Å². The lowest BCUT2D eigenvalue weighted by Gasteiger charge is -2.15. The van der Waals surface area contributed by atoms with Crippen LogP contribution in [-0.2, 0) is 19.6 Å². The summed E-state index contributed by atoms with van der Waals surface area (Å²) in [5.74, 6) is -0.598. The first-order valence-electron chi connectivity index (χ1n) is 6.87. The van der Waals surface area contributed by atoms with Crippen molar-refractivity contribution >= 4 is 16.0 Å². The van der Waals surface area contributed by atoms with Crippen LogP contribution in [0.3, 0.4) is 0 Å². The van der Waals surface area contributed by atoms with Crippen LogP contribution in [0.5, 0.6) is 0 Å². The maximum atomic E-state index is 12.2. The summed E-state index contributed by atoms with van der Waals surface area (Å²) in [4.78, 5) is 11.4. The van der Waals surface area contributed by atoms with E-state index in [0.29, 0.717) is 0 Å². The fraction of sp³-hybridized carbons (Fsp3) is 0.500. The van der Waals surface area contributed by atoms with Gasteiger partial charge in [0.2, 0.25) is 10.0 Å². The first kappa shape index (κ1) is 17.6. The number of rotatable bonds is 8. The molecule has 0 aromatic heterocycles. The molecule has 0 spiro atoms. The number of benzene rings is 1. The third-order valence-electron chi connectivity index (χ3n) is 3.04. The molecular formula is C14H22N2O4S. The number of carbonyl (C=O) groups excluding carboxylic acids is 1. The van der Waals surface area contributed by atoms with Crippen molar-refractivity contribution in [1.29, 1.82) is 0 Å². The third kappa shape index (κ3) is 5.11. The molecular weight excluding hydrogens is 292 g/mol. The van der Waals surface area contributed by atoms with Crippen molar-refractivity contribution in [3.8, 4) is 0 Å². The Labute approximate surface area is 125 Å². The van der Waals surface area contributed by atoms with Crippen LogP contribution in [0.4, 0.5) is 0 Å². The van der Waals surface area contributed by atoms with Gasteiger partial charge >= 0.3 is 5.97 Å². The highest BCUT2D eigenvalue weighted by Crippen LogP contribution is 2.19. The number of nitrogens with one attached hydrogen (secondary N) is 2. The molecule has 1 unspecified atom stereocenters. The van der Waals surface area contributed by atoms with Crippen LogP contribution in [0, 0.1) is 0 Å². The molecule has 0 saturated heterocycles. The van der Waals surface area contributed by atoms with Crippen molar-refractivity contribution in [2.24, 2.45) is 0 Å². The number of hydrogen-bond acceptors (Lipinski definition) is 5. The maximum Gasteiger partial charge on any atom is 0.321 e. The molecule has 0 bridgehead atoms. The number of carbonyl (C=O) groups is 1. The molecule has 0 fully saturated rings. The van der Waals surface area contributed by atoms with Gasteiger partial charge in [0.05, 0.1) is 11.5 Å². The van der Waals surface area contributed by atoms with E-state index in [1.54, 1.807) is 19.1 Å². The molecule has 2 N–H and O–H groups in total. The zero-order chi connectivity index (χ0) is 15.9. The predicted molar refractivity (Wildman–Crippen MR) is 80.4 cm³/mol. The van der Waals surface area contributed by atoms with E-state index in [1.165, 1.54) is 6.07 Å². The summed E-state index contributed by atoms with van der Waals surface area (Å²) in [5.41, 5.74) is 0.888. The van der Waals surface area contributed by atoms with Crippen LogP contribution in [0.2, 0.25) is 0 Å². The number of sulfonamides is 1. The van der Waals surface area contributed by atoms with Crippen molar-refractivity contribution in [3.05, 3.63) is 29.8 Å². The van der Waals surface area contributed by atoms with Crippen LogP contribution in [0.25, 0.3) is 0 Å². The van der Waals surface area contributed by atoms with E-state index in [4.69, 9.17) is 4.74 Å². The van der Waals surface area contributed by atoms with E-state index >= 15 is 0 Å². The van der Waals surface area contributed by atoms with Gasteiger partial charge in [-0.2, -0.15) is 4.72 Å². The van der Waals surface area contributed by atoms with E-state index in [9.17, 15) is 13.2 Å². The Morgan fingerprint density at radius 3 is 2.62 bits per heavy atom. The van der Waals surface area contributed by atoms with E-state index in [1.807, 2.05) is 20.0 Å². The molecule has 0 radical (unpaired) electrons. The Balaban J connectivity index is 2.88. The molecule has 0 aliphatic carbocycles. The summed E-state index contributed by atoms with van der Waals surface area (Å²) < 4.78 is 31.2. The minimum absolute atomic E-state index is 0.0882. The van der Waals surface area contributed by atoms with Gasteiger partial charge < -0.3 is 10.1 Å². The van der Waals surface area contributed by atoms with Gasteiger partial charge in [-0.3, -0.25) is 4.79 Å². The molecule has 0 heterocycles. The quantitative estimate of drug-likeness (QED) is 0.704. The fourth-order valence-electron chi connectivity index (χ4n) is 1.95. The Morgan fingerprint density at radius 2 is 2.05 bits per heavy atom. The molecule has 21 heavy (non-hydrogen) atoms. The first-order chi connectivity index (χ1) is 9.94. The highest BCUT2D eigenvalue weighted by molar-refractivity contribution is 7.89. The predicted octanol–water partition coefficient (Wildman–Crippen LogP) is 1.20. The number of hydrogen-bond donors (Lipinski definition) is 2. The summed E-state index contributed by atoms with van der Waals surface area (Å²) in [7, 11) is -1.90. The molecule has 1 rings (SSSR count). The minimum Gasteiger partial charge on any atom is -0.465 e. The van der Waals surface area contributed by atoms with E-state index in [2.05, 4.69) is 10.0 Å². The van der Waals surface area contributed by atoms with Crippen molar-refractivity contribution in [1.82, 2.24) is 10.0 Å². The Morgan fingerprint density at radius 1 is 1.33 bits per heavy atom. The maximum absolute atomic E-state index is 12.2. The van der Waals surface area contributed by atoms with E-state index in [-0.39, 0.29) is 24.1 Å². The largest absolute Gasteiger partial charge is 0.465 e. The van der Waals surface area contributed by atoms with Gasteiger partial charge in [0, 0.05) is 6.04 Å². The summed E-state index contributed by atoms with van der Waals surface area (Å²) >= 11 is 0. The average Bonchev–Trinajstić information content (AvgIpc) is 2.47. The molecule has 6 nitrogen and oxygen atoms in total. The van der Waals surface area contributed by atoms with Crippen LogP contribution >= 0.6 is 0 Å². The molecule has 0 aliphatic rings. The second kappa shape index (κ2) is 8.11. The smallest absolute Gasteiger partial charge is 0.321 e. The minimum atomic E-state index is -3.72. The fourth-order valence-corrected chi connectivity index (χ4v) is 2.98. The molecule has 1 aromatic rings. The highest BCUT2D eigenvalue weighted by atomic mass is 32.2. The number of ether oxygens (including phenoxy) is 1. The van der Waals surface area contributed by atoms with Crippen molar-refractivity contribution in [3.63, 3.8) is 0 Å². The second-order valence-electron chi connectivity index (χ2n) is 4.45. The van der Waals surface area contributed by atoms with Crippen molar-refractivity contribution in [2.45, 2.75) is 31.2 Å². The lowest BCUT2D eigenvalue weighted by molar-refractivity contribution is -0.141. The number of esters is 1. The Kier molecular flexibility index (Phi) is 6.80. The molecule has 0 aliphatic heterocycles. The Hall–Kier alpha value is -1.44. The van der Waals surface area contributed by atoms with Gasteiger partial charge in [-0.25, -0.2) is 8.42 Å². The summed E-state index contributed by atoms with van der Waals surface area (Å²) in [5, 5.41) is 3.12. The van der Waals surface area contributed by atoms with Crippen LogP contribution in [0.15, 0.2) is 29.2 Å². The molecule has 0 amide bonds. The topological polar surface area (TPSA) is 84.5 Å². The highest BCUT2D eigenvalue weighted by Gasteiger charge is 2.17. The van der Waals surface area contributed by atoms with Crippen LogP contribution in [-0.4, -0.2) is 34.6 Å². The molecule has 7 heteroatoms. The molecule has 1 aromatic carbocycles. The van der Waals surface area contributed by atoms with Gasteiger partial charge in [0.1, 0.15) is 6.54 Å². The van der Waals surface area contributed by atoms with Gasteiger partial charge in [-0.1, -0.05) is 19.1 Å². The summed E-state index contributed by atoms with van der Waals surface area (Å²) in [6.45, 7) is 3.53. The van der Waals surface area contributed by atoms with E-state index in [0.717, 1.165) is 12.0 Å². The zero-order valence-electron chi connectivity index (χ0n) is 12.5. The summed E-state index contributed by atoms with van der Waals surface area (Å²) in [6, 6.07) is 6.76. The molecule has 1 atom stereocenters. The van der Waals surface area contributed by atoms with Crippen LogP contribution < -0.4 is 10.0 Å². The second-order valence-corrected chi connectivity index (χ2v) is 6.22. The first-order valence-corrected chi connectivity index (χ1v) is 8.35. The van der Waals surface area contributed by atoms with Gasteiger partial charge in [-0.15, -0.1) is 0 Å². The SMILES string of the molecule is CCOC(=O)CNS(=O)(=O)c1cccc(C(CC)NC)c1. The molecule has 118 valence electrons. The van der Waals surface area contributed by atoms with Crippen LogP contribution in [0.1, 0.15) is 31.9 Å². The zero-order valence-corrected chi connectivity index (χ0v) is 13.4. The lowest BCUT2D eigenvalue weighted by atomic mass is 10.1. The normalized spacial score (nSPS) is 12.9. The van der Waals surface area contributed by atoms with E-state index < -0.39 is 16.0 Å². The van der Waals surface area contributed by atoms with Crippen molar-refractivity contribution < 1.29 is 17.9 Å². The van der Waals surface area contributed by atoms with Gasteiger partial charge in [-0.05, 0) is 38.1 Å². The molecule has 0 saturated carbocycles. The standard InChI is InChI=1S/C14H22N2O4S/c1-4-13(15-3)11-7-6-8-12(9-11)21(18,19)16-10-14(17)20-5-2/h6-9,13,15-16H,4-5,10H2,1-3H3. The average molecular weight is 314 g/mol. The van der Waals surface area contributed by atoms with Gasteiger partial charge in [0.15, 0.2) is 0 Å². The monoisotopic (exact) mass is 314 g/mol. The summed E-state index contributed by atoms with van der Waals surface area (Å²) in [6.07, 6.45) is 0.844.